The molecule has 0 spiro atoms. The quantitative estimate of drug-likeness (QED) is 0.454. The Balaban J connectivity index is 1.32. The van der Waals surface area contributed by atoms with Crippen molar-refractivity contribution in [2.24, 2.45) is 0 Å². The number of anilines is 2. The molecule has 3 aromatic rings. The summed E-state index contributed by atoms with van der Waals surface area (Å²) < 4.78 is 61.2. The summed E-state index contributed by atoms with van der Waals surface area (Å²) in [4.78, 5) is 13.7. The molecule has 1 aliphatic carbocycles. The first kappa shape index (κ1) is 24.4. The van der Waals surface area contributed by atoms with Crippen LogP contribution in [0.3, 0.4) is 0 Å². The van der Waals surface area contributed by atoms with Crippen molar-refractivity contribution in [1.29, 1.82) is 4.78 Å². The Morgan fingerprint density at radius 2 is 1.86 bits per heavy atom. The normalized spacial score (nSPS) is 24.6. The second-order valence-corrected chi connectivity index (χ2v) is 12.4. The minimum Gasteiger partial charge on any atom is -0.393 e. The highest BCUT2D eigenvalue weighted by Crippen LogP contribution is 2.34. The zero-order valence-electron chi connectivity index (χ0n) is 19.9. The van der Waals surface area contributed by atoms with Gasteiger partial charge in [-0.2, -0.15) is 28.2 Å². The van der Waals surface area contributed by atoms with Crippen molar-refractivity contribution in [1.82, 2.24) is 24.6 Å². The molecule has 198 valence electrons. The second-order valence-electron chi connectivity index (χ2n) is 9.99. The summed E-state index contributed by atoms with van der Waals surface area (Å²) in [6, 6.07) is 5.23. The predicted octanol–water partition coefficient (Wildman–Crippen LogP) is 2.32. The average Bonchev–Trinajstić information content (AvgIpc) is 3.22. The van der Waals surface area contributed by atoms with Crippen LogP contribution in [0.1, 0.15) is 18.4 Å². The standard InChI is InChI=1S/C23H27F3N8O2S/c24-23(25,26)14-2-1-3-16(8-14)34-21-19(11-28-34)20(30-22(31-21)29-15-9-18(35)10-15)33-12-17(13-33)32-4-6-37(27,36)7-5-32/h1-3,8,11,15,17-18,27,35H,4-7,9-10,12-13H2,(H,29,30,31). The topological polar surface area (TPSA) is 123 Å². The summed E-state index contributed by atoms with van der Waals surface area (Å²) in [5.41, 5.74) is -0.135. The molecule has 2 aliphatic heterocycles. The minimum absolute atomic E-state index is 0.0162. The SMILES string of the molecule is N=S1(=O)CCN(C2CN(c3nc(NC4CC(O)C4)nc4c3cnn4-c3cccc(C(F)(F)F)c3)C2)CC1. The van der Waals surface area contributed by atoms with Crippen LogP contribution in [-0.2, 0) is 15.9 Å². The number of nitrogens with one attached hydrogen (secondary N) is 2. The Kier molecular flexibility index (Phi) is 5.80. The number of aliphatic hydroxyl groups excluding tert-OH is 1. The molecule has 37 heavy (non-hydrogen) atoms. The van der Waals surface area contributed by atoms with Crippen molar-refractivity contribution >= 4 is 32.5 Å². The van der Waals surface area contributed by atoms with E-state index in [9.17, 15) is 22.5 Å². The van der Waals surface area contributed by atoms with E-state index in [1.165, 1.54) is 10.7 Å². The number of aliphatic hydroxyl groups is 1. The molecule has 14 heteroatoms. The van der Waals surface area contributed by atoms with Gasteiger partial charge in [0.05, 0.1) is 28.9 Å². The van der Waals surface area contributed by atoms with Gasteiger partial charge >= 0.3 is 6.18 Å². The van der Waals surface area contributed by atoms with Gasteiger partial charge in [-0.25, -0.2) is 8.89 Å². The van der Waals surface area contributed by atoms with Gasteiger partial charge in [0, 0.05) is 59.5 Å². The molecule has 2 aromatic heterocycles. The van der Waals surface area contributed by atoms with Crippen molar-refractivity contribution in [2.75, 3.05) is 47.9 Å². The lowest BCUT2D eigenvalue weighted by Gasteiger charge is -2.47. The number of rotatable bonds is 5. The number of halogens is 3. The fourth-order valence-electron chi connectivity index (χ4n) is 5.06. The summed E-state index contributed by atoms with van der Waals surface area (Å²) in [5.74, 6) is 1.74. The van der Waals surface area contributed by atoms with Crippen molar-refractivity contribution in [3.63, 3.8) is 0 Å². The molecule has 2 saturated heterocycles. The van der Waals surface area contributed by atoms with Crippen LogP contribution < -0.4 is 10.2 Å². The number of hydrogen-bond acceptors (Lipinski definition) is 9. The van der Waals surface area contributed by atoms with E-state index in [1.54, 1.807) is 12.3 Å². The van der Waals surface area contributed by atoms with E-state index in [-0.39, 0.29) is 23.9 Å². The fraction of sp³-hybridized carbons (Fsp3) is 0.522. The van der Waals surface area contributed by atoms with E-state index in [1.807, 2.05) is 0 Å². The third-order valence-corrected chi connectivity index (χ3v) is 9.05. The lowest BCUT2D eigenvalue weighted by atomic mass is 9.90. The number of benzene rings is 1. The molecule has 0 atom stereocenters. The fourth-order valence-corrected chi connectivity index (χ4v) is 6.32. The summed E-state index contributed by atoms with van der Waals surface area (Å²) in [6.45, 7) is 2.62. The molecular formula is C23H27F3N8O2S. The number of fused-ring (bicyclic) bond motifs is 1. The Morgan fingerprint density at radius 1 is 1.14 bits per heavy atom. The van der Waals surface area contributed by atoms with Gasteiger partial charge in [0.1, 0.15) is 5.82 Å². The van der Waals surface area contributed by atoms with Gasteiger partial charge in [0.25, 0.3) is 0 Å². The Labute approximate surface area is 211 Å². The first-order valence-electron chi connectivity index (χ1n) is 12.2. The van der Waals surface area contributed by atoms with Gasteiger partial charge in [0.2, 0.25) is 5.95 Å². The average molecular weight is 537 g/mol. The third-order valence-electron chi connectivity index (χ3n) is 7.37. The molecule has 3 N–H and O–H groups in total. The highest BCUT2D eigenvalue weighted by Gasteiger charge is 2.37. The highest BCUT2D eigenvalue weighted by molar-refractivity contribution is 7.92. The largest absolute Gasteiger partial charge is 0.416 e. The Hall–Kier alpha value is -2.97. The Morgan fingerprint density at radius 3 is 2.54 bits per heavy atom. The van der Waals surface area contributed by atoms with E-state index in [4.69, 9.17) is 9.76 Å². The third kappa shape index (κ3) is 4.73. The zero-order valence-corrected chi connectivity index (χ0v) is 20.7. The van der Waals surface area contributed by atoms with Crippen LogP contribution in [0.25, 0.3) is 16.7 Å². The molecule has 4 heterocycles. The molecule has 1 aromatic carbocycles. The maximum atomic E-state index is 13.3. The van der Waals surface area contributed by atoms with Crippen LogP contribution in [0.4, 0.5) is 24.9 Å². The maximum Gasteiger partial charge on any atom is 0.416 e. The van der Waals surface area contributed by atoms with E-state index >= 15 is 0 Å². The van der Waals surface area contributed by atoms with E-state index in [0.29, 0.717) is 73.3 Å². The van der Waals surface area contributed by atoms with Gasteiger partial charge in [-0.05, 0) is 31.0 Å². The molecule has 3 aliphatic rings. The van der Waals surface area contributed by atoms with E-state index in [2.05, 4.69) is 25.2 Å². The molecule has 0 radical (unpaired) electrons. The predicted molar refractivity (Wildman–Crippen MR) is 132 cm³/mol. The van der Waals surface area contributed by atoms with Gasteiger partial charge in [-0.15, -0.1) is 0 Å². The number of nitrogens with zero attached hydrogens (tertiary/aromatic N) is 6. The Bertz CT molecular complexity index is 1420. The van der Waals surface area contributed by atoms with Crippen molar-refractivity contribution < 1.29 is 22.5 Å². The summed E-state index contributed by atoms with van der Waals surface area (Å²) >= 11 is 0. The van der Waals surface area contributed by atoms with Crippen molar-refractivity contribution in [3.8, 4) is 5.69 Å². The smallest absolute Gasteiger partial charge is 0.393 e. The second kappa shape index (κ2) is 8.81. The highest BCUT2D eigenvalue weighted by atomic mass is 32.2. The number of hydrogen-bond donors (Lipinski definition) is 3. The first-order chi connectivity index (χ1) is 17.6. The molecule has 6 rings (SSSR count). The van der Waals surface area contributed by atoms with E-state index < -0.39 is 21.5 Å². The number of aromatic nitrogens is 4. The van der Waals surface area contributed by atoms with Crippen molar-refractivity contribution in [2.45, 2.75) is 37.2 Å². The minimum atomic E-state index is -4.48. The van der Waals surface area contributed by atoms with Gasteiger partial charge < -0.3 is 15.3 Å². The van der Waals surface area contributed by atoms with Gasteiger partial charge in [0.15, 0.2) is 5.65 Å². The van der Waals surface area contributed by atoms with Crippen LogP contribution in [0.15, 0.2) is 30.5 Å². The van der Waals surface area contributed by atoms with Crippen molar-refractivity contribution in [3.05, 3.63) is 36.0 Å². The van der Waals surface area contributed by atoms with Crippen LogP contribution in [0.5, 0.6) is 0 Å². The zero-order chi connectivity index (χ0) is 25.9. The maximum absolute atomic E-state index is 13.3. The molecule has 1 saturated carbocycles. The molecule has 3 fully saturated rings. The van der Waals surface area contributed by atoms with Gasteiger partial charge in [-0.1, -0.05) is 6.07 Å². The molecule has 0 unspecified atom stereocenters. The summed E-state index contributed by atoms with van der Waals surface area (Å²) in [6.07, 6.45) is -2.13. The lowest BCUT2D eigenvalue weighted by molar-refractivity contribution is -0.137. The van der Waals surface area contributed by atoms with Crippen LogP contribution in [-0.4, -0.2) is 89.8 Å². The van der Waals surface area contributed by atoms with Crippen LogP contribution in [0.2, 0.25) is 0 Å². The number of alkyl halides is 3. The first-order valence-corrected chi connectivity index (χ1v) is 14.1. The summed E-state index contributed by atoms with van der Waals surface area (Å²) in [5, 5.41) is 17.9. The van der Waals surface area contributed by atoms with Crippen LogP contribution >= 0.6 is 0 Å². The molecular weight excluding hydrogens is 509 g/mol. The molecule has 10 nitrogen and oxygen atoms in total. The molecule has 0 bridgehead atoms. The van der Waals surface area contributed by atoms with Gasteiger partial charge in [-0.3, -0.25) is 9.68 Å². The van der Waals surface area contributed by atoms with Crippen LogP contribution in [0, 0.1) is 4.78 Å². The lowest BCUT2D eigenvalue weighted by Crippen LogP contribution is -2.62. The van der Waals surface area contributed by atoms with E-state index in [0.717, 1.165) is 12.1 Å². The monoisotopic (exact) mass is 536 g/mol. The molecule has 0 amide bonds. The summed E-state index contributed by atoms with van der Waals surface area (Å²) in [7, 11) is -2.47.